The molecule has 0 amide bonds. The van der Waals surface area contributed by atoms with E-state index in [1.54, 1.807) is 11.8 Å². The number of methoxy groups -OCH3 is 1. The number of aryl methyl sites for hydroxylation is 1. The van der Waals surface area contributed by atoms with Gasteiger partial charge < -0.3 is 14.7 Å². The van der Waals surface area contributed by atoms with Gasteiger partial charge in [0.05, 0.1) is 19.2 Å². The van der Waals surface area contributed by atoms with Crippen LogP contribution in [0.2, 0.25) is 0 Å². The number of H-pyrrole nitrogens is 1. The maximum absolute atomic E-state index is 5.47. The Bertz CT molecular complexity index is 1140. The number of ether oxygens (including phenoxy) is 1. The van der Waals surface area contributed by atoms with Crippen molar-refractivity contribution in [2.24, 2.45) is 0 Å². The van der Waals surface area contributed by atoms with E-state index < -0.39 is 0 Å². The van der Waals surface area contributed by atoms with E-state index in [2.05, 4.69) is 57.6 Å². The van der Waals surface area contributed by atoms with E-state index in [4.69, 9.17) is 17.0 Å². The smallest absolute Gasteiger partial charge is 0.214 e. The second kappa shape index (κ2) is 7.28. The van der Waals surface area contributed by atoms with Crippen molar-refractivity contribution in [2.45, 2.75) is 20.0 Å². The molecule has 0 unspecified atom stereocenters. The molecule has 2 aromatic heterocycles. The molecular formula is C20H21N5OS. The molecule has 2 aromatic carbocycles. The van der Waals surface area contributed by atoms with Gasteiger partial charge in [-0.3, -0.25) is 0 Å². The van der Waals surface area contributed by atoms with Gasteiger partial charge in [0.15, 0.2) is 5.82 Å². The van der Waals surface area contributed by atoms with Crippen molar-refractivity contribution in [3.8, 4) is 17.1 Å². The standard InChI is InChI=1S/C20H21N5OS/c1-3-24-13-14(15-8-4-6-10-17(15)24)12-21-25-19(22-23-20(25)27)16-9-5-7-11-18(16)26-2/h4-11,13,21H,3,12H2,1-2H3,(H,23,27). The summed E-state index contributed by atoms with van der Waals surface area (Å²) >= 11 is 5.43. The first-order valence-electron chi connectivity index (χ1n) is 8.84. The molecule has 0 bridgehead atoms. The Morgan fingerprint density at radius 1 is 1.15 bits per heavy atom. The largest absolute Gasteiger partial charge is 0.496 e. The molecule has 4 rings (SSSR count). The predicted molar refractivity (Wildman–Crippen MR) is 110 cm³/mol. The topological polar surface area (TPSA) is 59.8 Å². The molecule has 7 heteroatoms. The summed E-state index contributed by atoms with van der Waals surface area (Å²) in [6, 6.07) is 16.2. The molecule has 138 valence electrons. The van der Waals surface area contributed by atoms with Gasteiger partial charge in [0.2, 0.25) is 4.77 Å². The van der Waals surface area contributed by atoms with E-state index in [0.29, 0.717) is 17.1 Å². The molecule has 4 aromatic rings. The lowest BCUT2D eigenvalue weighted by Gasteiger charge is -2.12. The first-order valence-corrected chi connectivity index (χ1v) is 9.25. The minimum atomic E-state index is 0.509. The first-order chi connectivity index (χ1) is 13.2. The van der Waals surface area contributed by atoms with Crippen molar-refractivity contribution in [2.75, 3.05) is 12.5 Å². The summed E-state index contributed by atoms with van der Waals surface area (Å²) in [4.78, 5) is 0. The summed E-state index contributed by atoms with van der Waals surface area (Å²) in [5, 5.41) is 8.49. The molecule has 2 heterocycles. The van der Waals surface area contributed by atoms with Gasteiger partial charge in [0.25, 0.3) is 0 Å². The van der Waals surface area contributed by atoms with Gasteiger partial charge in [-0.25, -0.2) is 9.77 Å². The molecule has 0 saturated carbocycles. The normalized spacial score (nSPS) is 11.0. The zero-order valence-electron chi connectivity index (χ0n) is 15.3. The van der Waals surface area contributed by atoms with Crippen LogP contribution in [0.15, 0.2) is 54.7 Å². The van der Waals surface area contributed by atoms with Crippen LogP contribution in [-0.2, 0) is 13.1 Å². The van der Waals surface area contributed by atoms with E-state index in [-0.39, 0.29) is 0 Å². The third kappa shape index (κ3) is 3.10. The number of para-hydroxylation sites is 2. The van der Waals surface area contributed by atoms with Crippen molar-refractivity contribution in [1.29, 1.82) is 0 Å². The average Bonchev–Trinajstić information content (AvgIpc) is 3.26. The third-order valence-corrected chi connectivity index (χ3v) is 4.93. The lowest BCUT2D eigenvalue weighted by atomic mass is 10.2. The van der Waals surface area contributed by atoms with Crippen LogP contribution < -0.4 is 10.2 Å². The molecule has 6 nitrogen and oxygen atoms in total. The molecule has 0 aliphatic carbocycles. The van der Waals surface area contributed by atoms with Crippen LogP contribution >= 0.6 is 12.2 Å². The Morgan fingerprint density at radius 3 is 2.74 bits per heavy atom. The number of hydrogen-bond donors (Lipinski definition) is 2. The lowest BCUT2D eigenvalue weighted by molar-refractivity contribution is 0.416. The van der Waals surface area contributed by atoms with Crippen molar-refractivity contribution in [3.63, 3.8) is 0 Å². The summed E-state index contributed by atoms with van der Waals surface area (Å²) in [6.45, 7) is 3.71. The summed E-state index contributed by atoms with van der Waals surface area (Å²) in [5.41, 5.74) is 6.72. The number of fused-ring (bicyclic) bond motifs is 1. The van der Waals surface area contributed by atoms with Crippen molar-refractivity contribution in [3.05, 3.63) is 65.1 Å². The summed E-state index contributed by atoms with van der Waals surface area (Å²) in [5.74, 6) is 1.44. The van der Waals surface area contributed by atoms with Crippen LogP contribution in [-0.4, -0.2) is 26.6 Å². The Morgan fingerprint density at radius 2 is 1.93 bits per heavy atom. The van der Waals surface area contributed by atoms with E-state index in [1.807, 2.05) is 24.3 Å². The highest BCUT2D eigenvalue weighted by molar-refractivity contribution is 7.71. The Balaban J connectivity index is 1.69. The van der Waals surface area contributed by atoms with Gasteiger partial charge in [-0.2, -0.15) is 5.10 Å². The molecule has 0 saturated heterocycles. The highest BCUT2D eigenvalue weighted by Gasteiger charge is 2.14. The maximum Gasteiger partial charge on any atom is 0.214 e. The van der Waals surface area contributed by atoms with Gasteiger partial charge in [0.1, 0.15) is 5.75 Å². The van der Waals surface area contributed by atoms with Crippen LogP contribution in [0, 0.1) is 4.77 Å². The second-order valence-electron chi connectivity index (χ2n) is 6.18. The number of aromatic amines is 1. The molecule has 2 N–H and O–H groups in total. The maximum atomic E-state index is 5.47. The van der Waals surface area contributed by atoms with Gasteiger partial charge in [0, 0.05) is 23.6 Å². The first kappa shape index (κ1) is 17.4. The predicted octanol–water partition coefficient (Wildman–Crippen LogP) is 4.33. The molecule has 0 radical (unpaired) electrons. The molecule has 0 spiro atoms. The fraction of sp³-hybridized carbons (Fsp3) is 0.200. The number of nitrogens with one attached hydrogen (secondary N) is 2. The van der Waals surface area contributed by atoms with Gasteiger partial charge >= 0.3 is 0 Å². The fourth-order valence-electron chi connectivity index (χ4n) is 3.34. The van der Waals surface area contributed by atoms with Crippen LogP contribution in [0.4, 0.5) is 0 Å². The van der Waals surface area contributed by atoms with Crippen LogP contribution in [0.5, 0.6) is 5.75 Å². The SMILES string of the molecule is CCn1cc(CNn2c(-c3ccccc3OC)n[nH]c2=S)c2ccccc21. The number of hydrogen-bond acceptors (Lipinski definition) is 4. The number of benzene rings is 2. The van der Waals surface area contributed by atoms with E-state index in [1.165, 1.54) is 16.5 Å². The van der Waals surface area contributed by atoms with Crippen LogP contribution in [0.25, 0.3) is 22.3 Å². The fourth-order valence-corrected chi connectivity index (χ4v) is 3.54. The summed E-state index contributed by atoms with van der Waals surface area (Å²) in [7, 11) is 1.65. The quantitative estimate of drug-likeness (QED) is 0.490. The van der Waals surface area contributed by atoms with Gasteiger partial charge in [-0.05, 0) is 42.9 Å². The second-order valence-corrected chi connectivity index (χ2v) is 6.57. The van der Waals surface area contributed by atoms with Crippen LogP contribution in [0.3, 0.4) is 0 Å². The average molecular weight is 379 g/mol. The molecule has 0 atom stereocenters. The molecule has 0 aliphatic rings. The zero-order valence-corrected chi connectivity index (χ0v) is 16.1. The van der Waals surface area contributed by atoms with Gasteiger partial charge in [-0.1, -0.05) is 30.3 Å². The number of rotatable bonds is 6. The highest BCUT2D eigenvalue weighted by Crippen LogP contribution is 2.28. The lowest BCUT2D eigenvalue weighted by Crippen LogP contribution is -2.16. The molecule has 0 fully saturated rings. The Hall–Kier alpha value is -3.06. The van der Waals surface area contributed by atoms with Crippen LogP contribution in [0.1, 0.15) is 12.5 Å². The Labute approximate surface area is 162 Å². The molecular weight excluding hydrogens is 358 g/mol. The van der Waals surface area contributed by atoms with E-state index >= 15 is 0 Å². The third-order valence-electron chi connectivity index (χ3n) is 4.66. The van der Waals surface area contributed by atoms with Crippen molar-refractivity contribution < 1.29 is 4.74 Å². The minimum absolute atomic E-state index is 0.509. The number of aromatic nitrogens is 4. The monoisotopic (exact) mass is 379 g/mol. The molecule has 0 aliphatic heterocycles. The van der Waals surface area contributed by atoms with E-state index in [0.717, 1.165) is 17.9 Å². The minimum Gasteiger partial charge on any atom is -0.496 e. The number of nitrogens with zero attached hydrogens (tertiary/aromatic N) is 3. The van der Waals surface area contributed by atoms with Crippen molar-refractivity contribution >= 4 is 23.1 Å². The van der Waals surface area contributed by atoms with Crippen molar-refractivity contribution in [1.82, 2.24) is 19.4 Å². The summed E-state index contributed by atoms with van der Waals surface area (Å²) in [6.07, 6.45) is 2.18. The van der Waals surface area contributed by atoms with Gasteiger partial charge in [-0.15, -0.1) is 0 Å². The highest BCUT2D eigenvalue weighted by atomic mass is 32.1. The van der Waals surface area contributed by atoms with E-state index in [9.17, 15) is 0 Å². The summed E-state index contributed by atoms with van der Waals surface area (Å²) < 4.78 is 10.0. The Kier molecular flexibility index (Phi) is 4.68. The zero-order chi connectivity index (χ0) is 18.8. The molecule has 27 heavy (non-hydrogen) atoms.